The molecule has 114 valence electrons. The fourth-order valence-electron chi connectivity index (χ4n) is 1.94. The van der Waals surface area contributed by atoms with Crippen LogP contribution in [0.2, 0.25) is 0 Å². The van der Waals surface area contributed by atoms with Gasteiger partial charge < -0.3 is 9.84 Å². The highest BCUT2D eigenvalue weighted by atomic mass is 32.2. The molecule has 8 heteroatoms. The molecule has 2 N–H and O–H groups in total. The monoisotopic (exact) mass is 311 g/mol. The summed E-state index contributed by atoms with van der Waals surface area (Å²) in [5.41, 5.74) is 0.872. The Kier molecular flexibility index (Phi) is 4.49. The van der Waals surface area contributed by atoms with Crippen LogP contribution in [0.25, 0.3) is 0 Å². The van der Waals surface area contributed by atoms with Crippen molar-refractivity contribution >= 4 is 15.7 Å². The van der Waals surface area contributed by atoms with Crippen LogP contribution >= 0.6 is 0 Å². The summed E-state index contributed by atoms with van der Waals surface area (Å²) in [4.78, 5) is 0.112. The normalized spacial score (nSPS) is 11.4. The van der Waals surface area contributed by atoms with Crippen molar-refractivity contribution < 1.29 is 18.3 Å². The molecule has 1 heterocycles. The van der Waals surface area contributed by atoms with Gasteiger partial charge in [0.1, 0.15) is 5.75 Å². The van der Waals surface area contributed by atoms with E-state index in [4.69, 9.17) is 9.84 Å². The zero-order chi connectivity index (χ0) is 15.5. The van der Waals surface area contributed by atoms with Gasteiger partial charge in [0.2, 0.25) is 0 Å². The molecule has 0 spiro atoms. The zero-order valence-corrected chi connectivity index (χ0v) is 12.6. The van der Waals surface area contributed by atoms with Crippen molar-refractivity contribution in [2.45, 2.75) is 11.3 Å². The van der Waals surface area contributed by atoms with E-state index in [1.807, 2.05) is 0 Å². The van der Waals surface area contributed by atoms with Crippen LogP contribution < -0.4 is 9.46 Å². The van der Waals surface area contributed by atoms with Crippen LogP contribution in [-0.4, -0.2) is 37.0 Å². The molecule has 0 fully saturated rings. The lowest BCUT2D eigenvalue weighted by molar-refractivity contribution is 0.298. The van der Waals surface area contributed by atoms with Crippen LogP contribution in [0.1, 0.15) is 5.56 Å². The SMILES string of the molecule is COc1ccc(S(=O)(=O)Nc2cnn(C)c2)c(CCO)c1. The van der Waals surface area contributed by atoms with Gasteiger partial charge in [-0.25, -0.2) is 8.42 Å². The maximum Gasteiger partial charge on any atom is 0.262 e. The second kappa shape index (κ2) is 6.15. The summed E-state index contributed by atoms with van der Waals surface area (Å²) >= 11 is 0. The van der Waals surface area contributed by atoms with Crippen LogP contribution in [0, 0.1) is 0 Å². The summed E-state index contributed by atoms with van der Waals surface area (Å²) in [5, 5.41) is 13.0. The quantitative estimate of drug-likeness (QED) is 0.821. The molecule has 2 rings (SSSR count). The van der Waals surface area contributed by atoms with Crippen molar-refractivity contribution in [1.82, 2.24) is 9.78 Å². The minimum absolute atomic E-state index is 0.112. The Morgan fingerprint density at radius 1 is 1.43 bits per heavy atom. The number of nitrogens with zero attached hydrogens (tertiary/aromatic N) is 2. The number of aliphatic hydroxyl groups excluding tert-OH is 1. The Labute approximate surface area is 123 Å². The molecule has 1 aromatic heterocycles. The predicted octanol–water partition coefficient (Wildman–Crippen LogP) is 0.764. The topological polar surface area (TPSA) is 93.5 Å². The van der Waals surface area contributed by atoms with Gasteiger partial charge in [-0.3, -0.25) is 9.40 Å². The van der Waals surface area contributed by atoms with Crippen molar-refractivity contribution in [3.8, 4) is 5.75 Å². The number of rotatable bonds is 6. The third kappa shape index (κ3) is 3.53. The average Bonchev–Trinajstić information content (AvgIpc) is 2.83. The summed E-state index contributed by atoms with van der Waals surface area (Å²) in [6.07, 6.45) is 3.21. The lowest BCUT2D eigenvalue weighted by Crippen LogP contribution is -2.15. The Balaban J connectivity index is 2.38. The summed E-state index contributed by atoms with van der Waals surface area (Å²) in [5.74, 6) is 0.541. The number of ether oxygens (including phenoxy) is 1. The Hall–Kier alpha value is -2.06. The van der Waals surface area contributed by atoms with E-state index in [1.165, 1.54) is 24.1 Å². The number of nitrogens with one attached hydrogen (secondary N) is 1. The molecule has 21 heavy (non-hydrogen) atoms. The molecule has 0 amide bonds. The van der Waals surface area contributed by atoms with Crippen molar-refractivity contribution in [3.05, 3.63) is 36.2 Å². The first kappa shape index (κ1) is 15.3. The number of aliphatic hydroxyl groups is 1. The highest BCUT2D eigenvalue weighted by molar-refractivity contribution is 7.92. The lowest BCUT2D eigenvalue weighted by atomic mass is 10.1. The second-order valence-electron chi connectivity index (χ2n) is 4.46. The van der Waals surface area contributed by atoms with Gasteiger partial charge in [0.25, 0.3) is 10.0 Å². The van der Waals surface area contributed by atoms with Crippen molar-refractivity contribution in [2.24, 2.45) is 7.05 Å². The molecule has 0 aliphatic rings. The molecular weight excluding hydrogens is 294 g/mol. The maximum atomic E-state index is 12.4. The fraction of sp³-hybridized carbons (Fsp3) is 0.308. The molecule has 0 atom stereocenters. The average molecular weight is 311 g/mol. The molecule has 0 bridgehead atoms. The summed E-state index contributed by atoms with van der Waals surface area (Å²) in [6.45, 7) is -0.150. The molecule has 0 unspecified atom stereocenters. The number of hydrogen-bond acceptors (Lipinski definition) is 5. The summed E-state index contributed by atoms with van der Waals surface area (Å²) < 4.78 is 33.9. The van der Waals surface area contributed by atoms with Crippen LogP contribution in [0.4, 0.5) is 5.69 Å². The Morgan fingerprint density at radius 3 is 2.76 bits per heavy atom. The Morgan fingerprint density at radius 2 is 2.19 bits per heavy atom. The largest absolute Gasteiger partial charge is 0.497 e. The molecule has 0 saturated carbocycles. The van der Waals surface area contributed by atoms with Gasteiger partial charge in [-0.05, 0) is 30.2 Å². The van der Waals surface area contributed by atoms with E-state index in [-0.39, 0.29) is 17.9 Å². The van der Waals surface area contributed by atoms with Crippen LogP contribution in [0.3, 0.4) is 0 Å². The first-order valence-electron chi connectivity index (χ1n) is 6.25. The number of anilines is 1. The molecule has 0 saturated heterocycles. The smallest absolute Gasteiger partial charge is 0.262 e. The van der Waals surface area contributed by atoms with Crippen LogP contribution in [0.15, 0.2) is 35.5 Å². The predicted molar refractivity (Wildman–Crippen MR) is 77.8 cm³/mol. The number of methoxy groups -OCH3 is 1. The van der Waals surface area contributed by atoms with Gasteiger partial charge >= 0.3 is 0 Å². The standard InChI is InChI=1S/C13H17N3O4S/c1-16-9-11(8-14-16)15-21(18,19)13-4-3-12(20-2)7-10(13)5-6-17/h3-4,7-9,15,17H,5-6H2,1-2H3. The highest BCUT2D eigenvalue weighted by Gasteiger charge is 2.19. The second-order valence-corrected chi connectivity index (χ2v) is 6.11. The lowest BCUT2D eigenvalue weighted by Gasteiger charge is -2.12. The molecule has 7 nitrogen and oxygen atoms in total. The van der Waals surface area contributed by atoms with Gasteiger partial charge in [0.05, 0.1) is 23.9 Å². The number of aryl methyl sites for hydroxylation is 1. The third-order valence-electron chi connectivity index (χ3n) is 2.90. The molecule has 1 aromatic carbocycles. The van der Waals surface area contributed by atoms with Gasteiger partial charge in [0, 0.05) is 19.9 Å². The number of aromatic nitrogens is 2. The Bertz CT molecular complexity index is 725. The maximum absolute atomic E-state index is 12.4. The van der Waals surface area contributed by atoms with E-state index in [0.717, 1.165) is 0 Å². The van der Waals surface area contributed by atoms with Crippen molar-refractivity contribution in [1.29, 1.82) is 0 Å². The third-order valence-corrected chi connectivity index (χ3v) is 4.38. The first-order chi connectivity index (χ1) is 9.96. The molecule has 0 aliphatic carbocycles. The first-order valence-corrected chi connectivity index (χ1v) is 7.74. The van der Waals surface area contributed by atoms with Gasteiger partial charge in [0.15, 0.2) is 0 Å². The minimum Gasteiger partial charge on any atom is -0.497 e. The molecule has 2 aromatic rings. The van der Waals surface area contributed by atoms with E-state index < -0.39 is 10.0 Å². The van der Waals surface area contributed by atoms with Crippen molar-refractivity contribution in [3.63, 3.8) is 0 Å². The highest BCUT2D eigenvalue weighted by Crippen LogP contribution is 2.24. The van der Waals surface area contributed by atoms with E-state index in [9.17, 15) is 8.42 Å². The van der Waals surface area contributed by atoms with E-state index in [2.05, 4.69) is 9.82 Å². The number of sulfonamides is 1. The van der Waals surface area contributed by atoms with E-state index in [0.29, 0.717) is 17.0 Å². The van der Waals surface area contributed by atoms with Gasteiger partial charge in [-0.15, -0.1) is 0 Å². The summed E-state index contributed by atoms with van der Waals surface area (Å²) in [6, 6.07) is 4.63. The van der Waals surface area contributed by atoms with E-state index >= 15 is 0 Å². The fourth-order valence-corrected chi connectivity index (χ4v) is 3.22. The van der Waals surface area contributed by atoms with Crippen LogP contribution in [0.5, 0.6) is 5.75 Å². The molecule has 0 radical (unpaired) electrons. The van der Waals surface area contributed by atoms with Gasteiger partial charge in [-0.1, -0.05) is 0 Å². The molecular formula is C13H17N3O4S. The zero-order valence-electron chi connectivity index (χ0n) is 11.8. The molecule has 0 aliphatic heterocycles. The number of benzene rings is 1. The number of hydrogen-bond donors (Lipinski definition) is 2. The van der Waals surface area contributed by atoms with Crippen LogP contribution in [-0.2, 0) is 23.5 Å². The summed E-state index contributed by atoms with van der Waals surface area (Å²) in [7, 11) is -0.551. The van der Waals surface area contributed by atoms with Gasteiger partial charge in [-0.2, -0.15) is 5.10 Å². The van der Waals surface area contributed by atoms with E-state index in [1.54, 1.807) is 25.4 Å². The van der Waals surface area contributed by atoms with Crippen molar-refractivity contribution in [2.75, 3.05) is 18.4 Å². The minimum atomic E-state index is -3.75.